The van der Waals surface area contributed by atoms with Gasteiger partial charge in [-0.3, -0.25) is 14.0 Å². The Morgan fingerprint density at radius 2 is 2.17 bits per heavy atom. The zero-order chi connectivity index (χ0) is 13.0. The van der Waals surface area contributed by atoms with Crippen LogP contribution in [0.4, 0.5) is 0 Å². The molecular formula is C12H17N3O2S. The molecule has 1 aliphatic rings. The highest BCUT2D eigenvalue weighted by atomic mass is 32.2. The first-order valence-corrected chi connectivity index (χ1v) is 7.43. The molecule has 2 heterocycles. The summed E-state index contributed by atoms with van der Waals surface area (Å²) in [6, 6.07) is 5.48. The standard InChI is InChI=1S/C12H17N3O2S/c13-12(16)10(11-3-1-2-4-14-11)9-15-5-7-18(17)8-6-15/h1-4,10H,5-9H2,(H2,13,16). The predicted octanol–water partition coefficient (Wildman–Crippen LogP) is -0.285. The van der Waals surface area contributed by atoms with Crippen LogP contribution in [0.15, 0.2) is 24.4 Å². The first-order valence-electron chi connectivity index (χ1n) is 5.94. The molecule has 2 N–H and O–H groups in total. The first-order chi connectivity index (χ1) is 8.66. The maximum Gasteiger partial charge on any atom is 0.227 e. The first kappa shape index (κ1) is 13.2. The van der Waals surface area contributed by atoms with Crippen molar-refractivity contribution in [3.05, 3.63) is 30.1 Å². The van der Waals surface area contributed by atoms with Crippen LogP contribution in [0.5, 0.6) is 0 Å². The van der Waals surface area contributed by atoms with Crippen molar-refractivity contribution in [2.24, 2.45) is 5.73 Å². The second kappa shape index (κ2) is 6.06. The van der Waals surface area contributed by atoms with E-state index in [9.17, 15) is 9.00 Å². The molecule has 0 saturated carbocycles. The molecule has 98 valence electrons. The van der Waals surface area contributed by atoms with Crippen molar-refractivity contribution in [1.82, 2.24) is 9.88 Å². The third-order valence-corrected chi connectivity index (χ3v) is 4.38. The zero-order valence-corrected chi connectivity index (χ0v) is 10.9. The van der Waals surface area contributed by atoms with E-state index >= 15 is 0 Å². The molecule has 6 heteroatoms. The molecule has 1 fully saturated rings. The topological polar surface area (TPSA) is 76.3 Å². The molecule has 2 rings (SSSR count). The normalized spacial score (nSPS) is 19.6. The molecule has 18 heavy (non-hydrogen) atoms. The van der Waals surface area contributed by atoms with E-state index in [-0.39, 0.29) is 5.91 Å². The van der Waals surface area contributed by atoms with Crippen molar-refractivity contribution in [2.75, 3.05) is 31.1 Å². The molecule has 1 amide bonds. The minimum Gasteiger partial charge on any atom is -0.369 e. The van der Waals surface area contributed by atoms with Crippen LogP contribution in [-0.2, 0) is 15.6 Å². The van der Waals surface area contributed by atoms with Crippen molar-refractivity contribution < 1.29 is 9.00 Å². The lowest BCUT2D eigenvalue weighted by atomic mass is 10.0. The van der Waals surface area contributed by atoms with Gasteiger partial charge in [0.25, 0.3) is 0 Å². The van der Waals surface area contributed by atoms with Crippen LogP contribution < -0.4 is 5.73 Å². The Labute approximate surface area is 109 Å². The minimum absolute atomic E-state index is 0.361. The molecule has 1 aromatic rings. The fraction of sp³-hybridized carbons (Fsp3) is 0.500. The number of hydrogen-bond acceptors (Lipinski definition) is 4. The van der Waals surface area contributed by atoms with E-state index in [0.29, 0.717) is 23.7 Å². The highest BCUT2D eigenvalue weighted by Gasteiger charge is 2.24. The number of aromatic nitrogens is 1. The van der Waals surface area contributed by atoms with E-state index in [1.165, 1.54) is 0 Å². The summed E-state index contributed by atoms with van der Waals surface area (Å²) >= 11 is 0. The van der Waals surface area contributed by atoms with Crippen LogP contribution in [0.25, 0.3) is 0 Å². The van der Waals surface area contributed by atoms with Crippen LogP contribution in [0.2, 0.25) is 0 Å². The summed E-state index contributed by atoms with van der Waals surface area (Å²) in [6.45, 7) is 2.07. The molecule has 1 atom stereocenters. The van der Waals surface area contributed by atoms with Crippen molar-refractivity contribution >= 4 is 16.7 Å². The number of primary amides is 1. The second-order valence-electron chi connectivity index (χ2n) is 4.36. The summed E-state index contributed by atoms with van der Waals surface area (Å²) in [5, 5.41) is 0. The number of pyridine rings is 1. The molecule has 1 saturated heterocycles. The van der Waals surface area contributed by atoms with Gasteiger partial charge in [-0.15, -0.1) is 0 Å². The van der Waals surface area contributed by atoms with E-state index in [1.807, 2.05) is 18.2 Å². The van der Waals surface area contributed by atoms with Crippen LogP contribution in [-0.4, -0.2) is 51.1 Å². The maximum absolute atomic E-state index is 11.5. The highest BCUT2D eigenvalue weighted by Crippen LogP contribution is 2.15. The lowest BCUT2D eigenvalue weighted by Crippen LogP contribution is -2.42. The Bertz CT molecular complexity index is 428. The molecule has 0 aromatic carbocycles. The van der Waals surface area contributed by atoms with Gasteiger partial charge >= 0.3 is 0 Å². The monoisotopic (exact) mass is 267 g/mol. The molecule has 5 nitrogen and oxygen atoms in total. The second-order valence-corrected chi connectivity index (χ2v) is 6.05. The van der Waals surface area contributed by atoms with Gasteiger partial charge in [-0.1, -0.05) is 6.07 Å². The molecule has 1 aromatic heterocycles. The van der Waals surface area contributed by atoms with Gasteiger partial charge in [-0.2, -0.15) is 0 Å². The minimum atomic E-state index is -0.704. The Balaban J connectivity index is 2.03. The summed E-state index contributed by atoms with van der Waals surface area (Å²) in [4.78, 5) is 17.9. The Hall–Kier alpha value is -1.27. The molecule has 0 aliphatic carbocycles. The van der Waals surface area contributed by atoms with Gasteiger partial charge in [0, 0.05) is 48.1 Å². The van der Waals surface area contributed by atoms with Crippen LogP contribution in [0.3, 0.4) is 0 Å². The van der Waals surface area contributed by atoms with Gasteiger partial charge in [0.05, 0.1) is 11.6 Å². The summed E-state index contributed by atoms with van der Waals surface area (Å²) in [6.07, 6.45) is 1.66. The van der Waals surface area contributed by atoms with E-state index in [1.54, 1.807) is 6.20 Å². The molecule has 1 unspecified atom stereocenters. The average Bonchev–Trinajstić information content (AvgIpc) is 2.38. The number of amides is 1. The zero-order valence-electron chi connectivity index (χ0n) is 10.1. The third kappa shape index (κ3) is 3.36. The smallest absolute Gasteiger partial charge is 0.227 e. The van der Waals surface area contributed by atoms with Crippen LogP contribution in [0.1, 0.15) is 11.6 Å². The summed E-state index contributed by atoms with van der Waals surface area (Å²) in [5.74, 6) is 0.597. The van der Waals surface area contributed by atoms with Crippen molar-refractivity contribution in [3.63, 3.8) is 0 Å². The number of nitrogens with two attached hydrogens (primary N) is 1. The van der Waals surface area contributed by atoms with Gasteiger partial charge in [-0.25, -0.2) is 0 Å². The highest BCUT2D eigenvalue weighted by molar-refractivity contribution is 7.85. The third-order valence-electron chi connectivity index (χ3n) is 3.10. The molecule has 1 aliphatic heterocycles. The quantitative estimate of drug-likeness (QED) is 0.813. The largest absolute Gasteiger partial charge is 0.369 e. The van der Waals surface area contributed by atoms with E-state index in [0.717, 1.165) is 13.1 Å². The molecule has 0 spiro atoms. The lowest BCUT2D eigenvalue weighted by Gasteiger charge is -2.28. The summed E-state index contributed by atoms with van der Waals surface area (Å²) in [7, 11) is -0.704. The van der Waals surface area contributed by atoms with Crippen LogP contribution in [0, 0.1) is 0 Å². The number of hydrogen-bond donors (Lipinski definition) is 1. The predicted molar refractivity (Wildman–Crippen MR) is 70.5 cm³/mol. The fourth-order valence-corrected chi connectivity index (χ4v) is 3.16. The molecular weight excluding hydrogens is 250 g/mol. The van der Waals surface area contributed by atoms with Gasteiger partial charge in [0.15, 0.2) is 0 Å². The number of nitrogens with zero attached hydrogens (tertiary/aromatic N) is 2. The van der Waals surface area contributed by atoms with Crippen molar-refractivity contribution in [3.8, 4) is 0 Å². The average molecular weight is 267 g/mol. The van der Waals surface area contributed by atoms with Gasteiger partial charge in [0.1, 0.15) is 0 Å². The lowest BCUT2D eigenvalue weighted by molar-refractivity contribution is -0.119. The maximum atomic E-state index is 11.5. The van der Waals surface area contributed by atoms with Crippen molar-refractivity contribution in [2.45, 2.75) is 5.92 Å². The summed E-state index contributed by atoms with van der Waals surface area (Å²) in [5.41, 5.74) is 6.15. The van der Waals surface area contributed by atoms with Gasteiger partial charge in [-0.05, 0) is 12.1 Å². The number of carbonyl (C=O) groups is 1. The van der Waals surface area contributed by atoms with E-state index in [4.69, 9.17) is 5.73 Å². The molecule has 0 bridgehead atoms. The van der Waals surface area contributed by atoms with E-state index in [2.05, 4.69) is 9.88 Å². The van der Waals surface area contributed by atoms with Crippen LogP contribution >= 0.6 is 0 Å². The Kier molecular flexibility index (Phi) is 4.43. The van der Waals surface area contributed by atoms with Gasteiger partial charge < -0.3 is 10.6 Å². The van der Waals surface area contributed by atoms with E-state index < -0.39 is 16.7 Å². The Morgan fingerprint density at radius 1 is 1.44 bits per heavy atom. The van der Waals surface area contributed by atoms with Crippen molar-refractivity contribution in [1.29, 1.82) is 0 Å². The SMILES string of the molecule is NC(=O)C(CN1CCS(=O)CC1)c1ccccn1. The summed E-state index contributed by atoms with van der Waals surface area (Å²) < 4.78 is 11.3. The number of rotatable bonds is 4. The number of carbonyl (C=O) groups excluding carboxylic acids is 1. The fourth-order valence-electron chi connectivity index (χ4n) is 2.03. The van der Waals surface area contributed by atoms with Gasteiger partial charge in [0.2, 0.25) is 5.91 Å². The molecule has 0 radical (unpaired) electrons. The Morgan fingerprint density at radius 3 is 2.72 bits per heavy atom.